The fourth-order valence-corrected chi connectivity index (χ4v) is 3.60. The lowest BCUT2D eigenvalue weighted by molar-refractivity contribution is 0.395. The zero-order valence-corrected chi connectivity index (χ0v) is 12.9. The number of aryl methyl sites for hydroxylation is 1. The number of phenolic OH excluding ortho intramolecular Hbond substituents is 1. The van der Waals surface area contributed by atoms with Crippen LogP contribution in [0.2, 0.25) is 0 Å². The van der Waals surface area contributed by atoms with E-state index in [-0.39, 0.29) is 12.1 Å². The van der Waals surface area contributed by atoms with Gasteiger partial charge in [-0.1, -0.05) is 19.9 Å². The van der Waals surface area contributed by atoms with Gasteiger partial charge in [-0.25, -0.2) is 4.98 Å². The predicted octanol–water partition coefficient (Wildman–Crippen LogP) is 3.71. The number of phenols is 1. The highest BCUT2D eigenvalue weighted by atomic mass is 16.3. The van der Waals surface area contributed by atoms with Crippen molar-refractivity contribution in [3.8, 4) is 5.75 Å². The van der Waals surface area contributed by atoms with E-state index >= 15 is 0 Å². The van der Waals surface area contributed by atoms with Crippen molar-refractivity contribution < 1.29 is 5.11 Å². The van der Waals surface area contributed by atoms with E-state index in [0.717, 1.165) is 24.2 Å². The van der Waals surface area contributed by atoms with Crippen LogP contribution in [0.4, 0.5) is 0 Å². The second kappa shape index (κ2) is 5.53. The summed E-state index contributed by atoms with van der Waals surface area (Å²) in [6, 6.07) is 4.19. The molecular weight excluding hydrogens is 262 g/mol. The first-order valence-electron chi connectivity index (χ1n) is 7.69. The summed E-state index contributed by atoms with van der Waals surface area (Å²) in [5.74, 6) is 1.84. The number of hydrogen-bond donors (Lipinski definition) is 3. The van der Waals surface area contributed by atoms with E-state index < -0.39 is 0 Å². The van der Waals surface area contributed by atoms with Crippen LogP contribution < -0.4 is 5.32 Å². The van der Waals surface area contributed by atoms with Crippen molar-refractivity contribution in [3.63, 3.8) is 0 Å². The first-order valence-corrected chi connectivity index (χ1v) is 7.69. The first-order chi connectivity index (χ1) is 10.1. The number of aromatic hydroxyl groups is 1. The molecule has 1 aromatic heterocycles. The molecule has 0 radical (unpaired) electrons. The molecular formula is C17H23N3O. The second-order valence-electron chi connectivity index (χ2n) is 6.02. The van der Waals surface area contributed by atoms with E-state index in [0.29, 0.717) is 11.7 Å². The van der Waals surface area contributed by atoms with E-state index in [9.17, 15) is 5.11 Å². The highest BCUT2D eigenvalue weighted by Gasteiger charge is 2.33. The van der Waals surface area contributed by atoms with Crippen LogP contribution >= 0.6 is 0 Å². The molecule has 3 atom stereocenters. The third kappa shape index (κ3) is 2.44. The topological polar surface area (TPSA) is 60.9 Å². The molecule has 0 aliphatic heterocycles. The molecule has 112 valence electrons. The highest BCUT2D eigenvalue weighted by Crippen LogP contribution is 2.46. The SMILES string of the molecule is CCC(NC1CC(C)c2c(C)ccc(O)c21)c1ncc[nH]1. The lowest BCUT2D eigenvalue weighted by Gasteiger charge is -2.22. The van der Waals surface area contributed by atoms with Crippen LogP contribution in [0, 0.1) is 6.92 Å². The summed E-state index contributed by atoms with van der Waals surface area (Å²) in [4.78, 5) is 7.55. The van der Waals surface area contributed by atoms with Gasteiger partial charge in [-0.2, -0.15) is 0 Å². The van der Waals surface area contributed by atoms with Crippen molar-refractivity contribution in [2.45, 2.75) is 51.6 Å². The lowest BCUT2D eigenvalue weighted by atomic mass is 9.97. The number of nitrogens with zero attached hydrogens (tertiary/aromatic N) is 1. The van der Waals surface area contributed by atoms with Gasteiger partial charge in [0, 0.05) is 24.0 Å². The van der Waals surface area contributed by atoms with Crippen molar-refractivity contribution in [1.82, 2.24) is 15.3 Å². The maximum absolute atomic E-state index is 10.3. The quantitative estimate of drug-likeness (QED) is 0.802. The smallest absolute Gasteiger partial charge is 0.123 e. The van der Waals surface area contributed by atoms with Crippen molar-refractivity contribution in [1.29, 1.82) is 0 Å². The Morgan fingerprint density at radius 2 is 2.24 bits per heavy atom. The van der Waals surface area contributed by atoms with Gasteiger partial charge in [-0.3, -0.25) is 0 Å². The van der Waals surface area contributed by atoms with Gasteiger partial charge in [-0.15, -0.1) is 0 Å². The molecule has 1 aromatic carbocycles. The summed E-state index contributed by atoms with van der Waals surface area (Å²) >= 11 is 0. The van der Waals surface area contributed by atoms with Crippen LogP contribution in [0.3, 0.4) is 0 Å². The van der Waals surface area contributed by atoms with Gasteiger partial charge in [0.25, 0.3) is 0 Å². The number of fused-ring (bicyclic) bond motifs is 1. The van der Waals surface area contributed by atoms with Crippen LogP contribution in [0.1, 0.15) is 67.2 Å². The first kappa shape index (κ1) is 14.1. The molecule has 1 aliphatic rings. The zero-order chi connectivity index (χ0) is 15.0. The van der Waals surface area contributed by atoms with Gasteiger partial charge in [0.1, 0.15) is 11.6 Å². The van der Waals surface area contributed by atoms with E-state index in [1.54, 1.807) is 6.20 Å². The third-order valence-electron chi connectivity index (χ3n) is 4.57. The van der Waals surface area contributed by atoms with E-state index in [1.165, 1.54) is 11.1 Å². The number of rotatable bonds is 4. The Hall–Kier alpha value is -1.81. The Balaban J connectivity index is 1.91. The number of H-pyrrole nitrogens is 1. The summed E-state index contributed by atoms with van der Waals surface area (Å²) in [6.07, 6.45) is 5.62. The molecule has 0 bridgehead atoms. The summed E-state index contributed by atoms with van der Waals surface area (Å²) in [7, 11) is 0. The average molecular weight is 285 g/mol. The van der Waals surface area contributed by atoms with Crippen molar-refractivity contribution in [2.75, 3.05) is 0 Å². The number of aromatic nitrogens is 2. The molecule has 3 rings (SSSR count). The third-order valence-corrected chi connectivity index (χ3v) is 4.57. The normalized spacial score (nSPS) is 22.2. The average Bonchev–Trinajstić information content (AvgIpc) is 3.09. The summed E-state index contributed by atoms with van der Waals surface area (Å²) < 4.78 is 0. The molecule has 3 unspecified atom stereocenters. The van der Waals surface area contributed by atoms with Gasteiger partial charge in [0.05, 0.1) is 6.04 Å². The number of hydrogen-bond acceptors (Lipinski definition) is 3. The lowest BCUT2D eigenvalue weighted by Crippen LogP contribution is -2.25. The Bertz CT molecular complexity index is 621. The fraction of sp³-hybridized carbons (Fsp3) is 0.471. The predicted molar refractivity (Wildman–Crippen MR) is 83.4 cm³/mol. The van der Waals surface area contributed by atoms with Crippen LogP contribution in [-0.4, -0.2) is 15.1 Å². The second-order valence-corrected chi connectivity index (χ2v) is 6.02. The molecule has 0 spiro atoms. The molecule has 3 N–H and O–H groups in total. The molecule has 0 amide bonds. The summed E-state index contributed by atoms with van der Waals surface area (Å²) in [5.41, 5.74) is 3.65. The number of benzene rings is 1. The van der Waals surface area contributed by atoms with E-state index in [1.807, 2.05) is 18.3 Å². The minimum absolute atomic E-state index is 0.183. The van der Waals surface area contributed by atoms with E-state index in [4.69, 9.17) is 0 Å². The van der Waals surface area contributed by atoms with Crippen LogP contribution in [0.5, 0.6) is 5.75 Å². The van der Waals surface area contributed by atoms with Crippen LogP contribution in [0.25, 0.3) is 0 Å². The van der Waals surface area contributed by atoms with Crippen molar-refractivity contribution in [2.24, 2.45) is 0 Å². The zero-order valence-electron chi connectivity index (χ0n) is 12.9. The van der Waals surface area contributed by atoms with Gasteiger partial charge >= 0.3 is 0 Å². The van der Waals surface area contributed by atoms with Crippen LogP contribution in [-0.2, 0) is 0 Å². The highest BCUT2D eigenvalue weighted by molar-refractivity contribution is 5.51. The number of imidazole rings is 1. The van der Waals surface area contributed by atoms with Crippen LogP contribution in [0.15, 0.2) is 24.5 Å². The Morgan fingerprint density at radius 3 is 2.90 bits per heavy atom. The largest absolute Gasteiger partial charge is 0.508 e. The standard InChI is InChI=1S/C17H23N3O/c1-4-12(17-18-7-8-19-17)20-13-9-11(3)15-10(2)5-6-14(21)16(13)15/h5-8,11-13,20-21H,4,9H2,1-3H3,(H,18,19). The minimum atomic E-state index is 0.183. The van der Waals surface area contributed by atoms with Gasteiger partial charge in [0.2, 0.25) is 0 Å². The molecule has 4 heteroatoms. The maximum atomic E-state index is 10.3. The molecule has 4 nitrogen and oxygen atoms in total. The fourth-order valence-electron chi connectivity index (χ4n) is 3.60. The maximum Gasteiger partial charge on any atom is 0.123 e. The number of nitrogens with one attached hydrogen (secondary N) is 2. The number of aromatic amines is 1. The molecule has 21 heavy (non-hydrogen) atoms. The molecule has 1 heterocycles. The Kier molecular flexibility index (Phi) is 3.72. The summed E-state index contributed by atoms with van der Waals surface area (Å²) in [6.45, 7) is 6.51. The van der Waals surface area contributed by atoms with Crippen molar-refractivity contribution >= 4 is 0 Å². The molecule has 1 aliphatic carbocycles. The Morgan fingerprint density at radius 1 is 1.43 bits per heavy atom. The molecule has 0 saturated carbocycles. The van der Waals surface area contributed by atoms with E-state index in [2.05, 4.69) is 36.1 Å². The molecule has 2 aromatic rings. The van der Waals surface area contributed by atoms with Crippen molar-refractivity contribution in [3.05, 3.63) is 47.0 Å². The monoisotopic (exact) mass is 285 g/mol. The molecule has 0 fully saturated rings. The Labute approximate surface area is 125 Å². The minimum Gasteiger partial charge on any atom is -0.508 e. The van der Waals surface area contributed by atoms with Gasteiger partial charge in [-0.05, 0) is 42.9 Å². The molecule has 0 saturated heterocycles. The summed E-state index contributed by atoms with van der Waals surface area (Å²) in [5, 5.41) is 14.0. The van der Waals surface area contributed by atoms with Gasteiger partial charge in [0.15, 0.2) is 0 Å². The van der Waals surface area contributed by atoms with Gasteiger partial charge < -0.3 is 15.4 Å².